The highest BCUT2D eigenvalue weighted by molar-refractivity contribution is 6.29. The lowest BCUT2D eigenvalue weighted by atomic mass is 9.97. The summed E-state index contributed by atoms with van der Waals surface area (Å²) in [7, 11) is 1.65. The summed E-state index contributed by atoms with van der Waals surface area (Å²) in [5, 5.41) is 3.00. The number of aromatic nitrogens is 2. The van der Waals surface area contributed by atoms with Gasteiger partial charge in [-0.05, 0) is 12.8 Å². The Balaban J connectivity index is 2.15. The first-order valence-corrected chi connectivity index (χ1v) is 6.24. The van der Waals surface area contributed by atoms with Gasteiger partial charge in [0.15, 0.2) is 0 Å². The fraction of sp³-hybridized carbons (Fsp3) is 0.545. The Morgan fingerprint density at radius 1 is 1.61 bits per heavy atom. The van der Waals surface area contributed by atoms with E-state index in [1.54, 1.807) is 13.1 Å². The smallest absolute Gasteiger partial charge is 0.224 e. The lowest BCUT2D eigenvalue weighted by Crippen LogP contribution is -2.42. The highest BCUT2D eigenvalue weighted by atomic mass is 35.5. The van der Waals surface area contributed by atoms with Crippen LogP contribution in [0.2, 0.25) is 5.15 Å². The van der Waals surface area contributed by atoms with E-state index in [4.69, 9.17) is 17.3 Å². The second-order valence-corrected chi connectivity index (χ2v) is 4.69. The van der Waals surface area contributed by atoms with Crippen molar-refractivity contribution in [2.75, 3.05) is 30.8 Å². The maximum absolute atomic E-state index is 11.7. The van der Waals surface area contributed by atoms with E-state index in [0.717, 1.165) is 19.4 Å². The van der Waals surface area contributed by atoms with Crippen LogP contribution < -0.4 is 16.0 Å². The summed E-state index contributed by atoms with van der Waals surface area (Å²) in [5.74, 6) is 0.882. The van der Waals surface area contributed by atoms with Crippen LogP contribution in [0.1, 0.15) is 12.8 Å². The Bertz CT molecular complexity index is 433. The molecule has 1 aromatic rings. The number of carbonyl (C=O) groups excluding carboxylic acids is 1. The number of halogens is 1. The molecule has 1 aliphatic heterocycles. The van der Waals surface area contributed by atoms with Crippen LogP contribution in [0.4, 0.5) is 11.8 Å². The topological polar surface area (TPSA) is 84.1 Å². The minimum Gasteiger partial charge on any atom is -0.368 e. The average molecular weight is 270 g/mol. The van der Waals surface area contributed by atoms with Gasteiger partial charge in [0.1, 0.15) is 11.0 Å². The van der Waals surface area contributed by atoms with Crippen LogP contribution >= 0.6 is 11.6 Å². The summed E-state index contributed by atoms with van der Waals surface area (Å²) in [5.41, 5.74) is 5.57. The molecule has 0 aliphatic carbocycles. The summed E-state index contributed by atoms with van der Waals surface area (Å²) in [4.78, 5) is 21.7. The van der Waals surface area contributed by atoms with E-state index in [9.17, 15) is 4.79 Å². The predicted octanol–water partition coefficient (Wildman–Crippen LogP) is 0.675. The monoisotopic (exact) mass is 269 g/mol. The second kappa shape index (κ2) is 5.39. The van der Waals surface area contributed by atoms with Crippen molar-refractivity contribution in [3.8, 4) is 0 Å². The lowest BCUT2D eigenvalue weighted by Gasteiger charge is -2.32. The predicted molar refractivity (Wildman–Crippen MR) is 70.5 cm³/mol. The van der Waals surface area contributed by atoms with Crippen LogP contribution in [-0.2, 0) is 4.79 Å². The van der Waals surface area contributed by atoms with Gasteiger partial charge in [-0.1, -0.05) is 11.6 Å². The Hall–Kier alpha value is -1.56. The van der Waals surface area contributed by atoms with Crippen LogP contribution in [0.15, 0.2) is 6.07 Å². The third-order valence-electron chi connectivity index (χ3n) is 3.06. The number of amides is 1. The van der Waals surface area contributed by atoms with Gasteiger partial charge in [0, 0.05) is 26.2 Å². The van der Waals surface area contributed by atoms with E-state index in [1.165, 1.54) is 0 Å². The maximum Gasteiger partial charge on any atom is 0.224 e. The molecule has 0 bridgehead atoms. The Morgan fingerprint density at radius 3 is 3.06 bits per heavy atom. The average Bonchev–Trinajstić information content (AvgIpc) is 2.37. The molecule has 6 nitrogen and oxygen atoms in total. The summed E-state index contributed by atoms with van der Waals surface area (Å²) < 4.78 is 0. The summed E-state index contributed by atoms with van der Waals surface area (Å²) in [6.07, 6.45) is 1.84. The molecule has 98 valence electrons. The molecule has 2 heterocycles. The van der Waals surface area contributed by atoms with Crippen LogP contribution in [-0.4, -0.2) is 36.0 Å². The van der Waals surface area contributed by atoms with E-state index >= 15 is 0 Å². The third-order valence-corrected chi connectivity index (χ3v) is 3.25. The number of nitrogens with two attached hydrogens (primary N) is 1. The van der Waals surface area contributed by atoms with Crippen molar-refractivity contribution in [3.63, 3.8) is 0 Å². The zero-order valence-corrected chi connectivity index (χ0v) is 10.9. The number of nitrogens with one attached hydrogen (secondary N) is 1. The molecule has 7 heteroatoms. The zero-order valence-electron chi connectivity index (χ0n) is 10.2. The molecule has 0 saturated carbocycles. The van der Waals surface area contributed by atoms with Gasteiger partial charge in [-0.15, -0.1) is 0 Å². The maximum atomic E-state index is 11.7. The van der Waals surface area contributed by atoms with E-state index in [-0.39, 0.29) is 17.8 Å². The van der Waals surface area contributed by atoms with E-state index in [1.807, 2.05) is 4.90 Å². The van der Waals surface area contributed by atoms with Crippen molar-refractivity contribution in [2.24, 2.45) is 5.92 Å². The van der Waals surface area contributed by atoms with Crippen molar-refractivity contribution < 1.29 is 4.79 Å². The Kier molecular flexibility index (Phi) is 3.86. The second-order valence-electron chi connectivity index (χ2n) is 4.31. The molecule has 0 unspecified atom stereocenters. The molecule has 1 saturated heterocycles. The number of anilines is 2. The number of nitrogens with zero attached hydrogens (tertiary/aromatic N) is 3. The minimum absolute atomic E-state index is 0.0151. The van der Waals surface area contributed by atoms with Gasteiger partial charge in [-0.3, -0.25) is 4.79 Å². The van der Waals surface area contributed by atoms with Crippen LogP contribution in [0, 0.1) is 5.92 Å². The molecular weight excluding hydrogens is 254 g/mol. The molecule has 1 amide bonds. The molecule has 1 aromatic heterocycles. The van der Waals surface area contributed by atoms with Crippen molar-refractivity contribution in [3.05, 3.63) is 11.2 Å². The molecule has 1 atom stereocenters. The van der Waals surface area contributed by atoms with Gasteiger partial charge in [0.2, 0.25) is 11.9 Å². The highest BCUT2D eigenvalue weighted by Gasteiger charge is 2.26. The van der Waals surface area contributed by atoms with Gasteiger partial charge >= 0.3 is 0 Å². The largest absolute Gasteiger partial charge is 0.368 e. The summed E-state index contributed by atoms with van der Waals surface area (Å²) >= 11 is 5.86. The SMILES string of the molecule is CNC(=O)[C@H]1CCCN(c2cc(Cl)nc(N)n2)C1. The molecule has 1 fully saturated rings. The highest BCUT2D eigenvalue weighted by Crippen LogP contribution is 2.23. The van der Waals surface area contributed by atoms with Crippen molar-refractivity contribution in [1.82, 2.24) is 15.3 Å². The first kappa shape index (κ1) is 12.9. The normalized spacial score (nSPS) is 19.7. The van der Waals surface area contributed by atoms with E-state index < -0.39 is 0 Å². The van der Waals surface area contributed by atoms with Crippen LogP contribution in [0.25, 0.3) is 0 Å². The van der Waals surface area contributed by atoms with Crippen LogP contribution in [0.3, 0.4) is 0 Å². The molecule has 1 aliphatic rings. The van der Waals surface area contributed by atoms with Gasteiger partial charge in [0.05, 0.1) is 5.92 Å². The van der Waals surface area contributed by atoms with Gasteiger partial charge in [-0.25, -0.2) is 4.98 Å². The first-order chi connectivity index (χ1) is 8.60. The first-order valence-electron chi connectivity index (χ1n) is 5.86. The lowest BCUT2D eigenvalue weighted by molar-refractivity contribution is -0.124. The van der Waals surface area contributed by atoms with Crippen molar-refractivity contribution >= 4 is 29.3 Å². The van der Waals surface area contributed by atoms with E-state index in [0.29, 0.717) is 17.5 Å². The minimum atomic E-state index is -0.0151. The fourth-order valence-electron chi connectivity index (χ4n) is 2.19. The number of carbonyl (C=O) groups is 1. The van der Waals surface area contributed by atoms with Crippen LogP contribution in [0.5, 0.6) is 0 Å². The molecule has 0 aromatic carbocycles. The number of hydrogen-bond acceptors (Lipinski definition) is 5. The Labute approximate surface area is 111 Å². The molecule has 0 radical (unpaired) electrons. The number of piperidine rings is 1. The van der Waals surface area contributed by atoms with Crippen molar-refractivity contribution in [1.29, 1.82) is 0 Å². The standard InChI is InChI=1S/C11H16ClN5O/c1-14-10(18)7-3-2-4-17(6-7)9-5-8(12)15-11(13)16-9/h5,7H,2-4,6H2,1H3,(H,14,18)(H2,13,15,16)/t7-/m0/s1. The number of nitrogen functional groups attached to an aromatic ring is 1. The Morgan fingerprint density at radius 2 is 2.39 bits per heavy atom. The summed E-state index contributed by atoms with van der Waals surface area (Å²) in [6.45, 7) is 1.48. The molecular formula is C11H16ClN5O. The molecule has 18 heavy (non-hydrogen) atoms. The van der Waals surface area contributed by atoms with Gasteiger partial charge in [0.25, 0.3) is 0 Å². The summed E-state index contributed by atoms with van der Waals surface area (Å²) in [6, 6.07) is 1.67. The molecule has 3 N–H and O–H groups in total. The van der Waals surface area contributed by atoms with Gasteiger partial charge in [-0.2, -0.15) is 4.98 Å². The zero-order chi connectivity index (χ0) is 13.1. The molecule has 2 rings (SSSR count). The van der Waals surface area contributed by atoms with Gasteiger partial charge < -0.3 is 16.0 Å². The fourth-order valence-corrected chi connectivity index (χ4v) is 2.37. The number of hydrogen-bond donors (Lipinski definition) is 2. The number of rotatable bonds is 2. The van der Waals surface area contributed by atoms with Crippen molar-refractivity contribution in [2.45, 2.75) is 12.8 Å². The van der Waals surface area contributed by atoms with E-state index in [2.05, 4.69) is 15.3 Å². The quantitative estimate of drug-likeness (QED) is 0.771. The molecule has 0 spiro atoms. The third kappa shape index (κ3) is 2.81.